The zero-order valence-corrected chi connectivity index (χ0v) is 14.8. The number of guanidine groups is 1. The first-order valence-electron chi connectivity index (χ1n) is 7.75. The van der Waals surface area contributed by atoms with Gasteiger partial charge in [0.1, 0.15) is 5.60 Å². The molecule has 0 radical (unpaired) electrons. The molecule has 0 aromatic heterocycles. The zero-order valence-electron chi connectivity index (χ0n) is 14.8. The van der Waals surface area contributed by atoms with E-state index in [-0.39, 0.29) is 12.6 Å². The van der Waals surface area contributed by atoms with Crippen molar-refractivity contribution < 1.29 is 14.3 Å². The largest absolute Gasteiger partial charge is 0.444 e. The molecular weight excluding hydrogens is 298 g/mol. The second-order valence-corrected chi connectivity index (χ2v) is 7.38. The molecule has 0 aromatic carbocycles. The van der Waals surface area contributed by atoms with E-state index in [0.29, 0.717) is 32.1 Å². The van der Waals surface area contributed by atoms with Gasteiger partial charge in [-0.3, -0.25) is 9.79 Å². The van der Waals surface area contributed by atoms with Gasteiger partial charge < -0.3 is 26.0 Å². The number of hydrogen-bond acceptors (Lipinski definition) is 4. The fourth-order valence-electron chi connectivity index (χ4n) is 1.90. The number of piperazine rings is 1. The third kappa shape index (κ3) is 5.96. The number of carbonyl (C=O) groups excluding carboxylic acids is 2. The second-order valence-electron chi connectivity index (χ2n) is 7.38. The summed E-state index contributed by atoms with van der Waals surface area (Å²) in [4.78, 5) is 31.1. The maximum atomic E-state index is 12.0. The summed E-state index contributed by atoms with van der Waals surface area (Å²) in [6, 6.07) is 0. The van der Waals surface area contributed by atoms with Crippen LogP contribution in [0.4, 0.5) is 4.79 Å². The van der Waals surface area contributed by atoms with Gasteiger partial charge in [-0.25, -0.2) is 4.79 Å². The van der Waals surface area contributed by atoms with Crippen LogP contribution in [0.3, 0.4) is 0 Å². The number of amides is 2. The van der Waals surface area contributed by atoms with Crippen LogP contribution in [0, 0.1) is 5.41 Å². The third-order valence-corrected chi connectivity index (χ3v) is 3.56. The molecule has 1 heterocycles. The van der Waals surface area contributed by atoms with Crippen LogP contribution in [-0.2, 0) is 9.53 Å². The first-order valence-corrected chi connectivity index (χ1v) is 7.75. The van der Waals surface area contributed by atoms with Crippen molar-refractivity contribution in [2.75, 3.05) is 32.7 Å². The summed E-state index contributed by atoms with van der Waals surface area (Å²) in [6.45, 7) is 11.4. The average molecular weight is 327 g/mol. The van der Waals surface area contributed by atoms with Crippen molar-refractivity contribution in [2.45, 2.75) is 40.2 Å². The van der Waals surface area contributed by atoms with E-state index in [0.717, 1.165) is 0 Å². The molecule has 1 fully saturated rings. The lowest BCUT2D eigenvalue weighted by molar-refractivity contribution is -0.125. The predicted molar refractivity (Wildman–Crippen MR) is 88.8 cm³/mol. The average Bonchev–Trinajstić information content (AvgIpc) is 2.43. The fourth-order valence-corrected chi connectivity index (χ4v) is 1.90. The number of nitrogens with two attached hydrogens (primary N) is 2. The molecule has 1 aliphatic heterocycles. The molecule has 0 bridgehead atoms. The predicted octanol–water partition coefficient (Wildman–Crippen LogP) is 0.365. The van der Waals surface area contributed by atoms with Gasteiger partial charge in [0.15, 0.2) is 5.96 Å². The Morgan fingerprint density at radius 2 is 1.48 bits per heavy atom. The Kier molecular flexibility index (Phi) is 5.85. The van der Waals surface area contributed by atoms with Crippen molar-refractivity contribution in [2.24, 2.45) is 21.9 Å². The van der Waals surface area contributed by atoms with E-state index >= 15 is 0 Å². The molecule has 0 unspecified atom stereocenters. The first-order chi connectivity index (χ1) is 10.4. The monoisotopic (exact) mass is 327 g/mol. The quantitative estimate of drug-likeness (QED) is 0.574. The molecule has 0 aliphatic carbocycles. The smallest absolute Gasteiger partial charge is 0.410 e. The third-order valence-electron chi connectivity index (χ3n) is 3.56. The van der Waals surface area contributed by atoms with E-state index in [1.54, 1.807) is 18.7 Å². The van der Waals surface area contributed by atoms with Gasteiger partial charge in [-0.15, -0.1) is 0 Å². The summed E-state index contributed by atoms with van der Waals surface area (Å²) in [5.41, 5.74) is 10.0. The molecule has 4 N–H and O–H groups in total. The number of hydrogen-bond donors (Lipinski definition) is 2. The van der Waals surface area contributed by atoms with Gasteiger partial charge in [-0.05, 0) is 34.6 Å². The Morgan fingerprint density at radius 3 is 1.91 bits per heavy atom. The van der Waals surface area contributed by atoms with Gasteiger partial charge in [0.05, 0.1) is 12.0 Å². The van der Waals surface area contributed by atoms with Crippen molar-refractivity contribution in [1.29, 1.82) is 0 Å². The molecule has 1 aliphatic rings. The molecule has 0 saturated carbocycles. The minimum Gasteiger partial charge on any atom is -0.444 e. The number of rotatable bonds is 3. The van der Waals surface area contributed by atoms with Crippen LogP contribution in [0.1, 0.15) is 34.6 Å². The molecule has 1 rings (SSSR count). The van der Waals surface area contributed by atoms with E-state index < -0.39 is 16.9 Å². The van der Waals surface area contributed by atoms with Crippen LogP contribution in [0.15, 0.2) is 4.99 Å². The maximum Gasteiger partial charge on any atom is 0.410 e. The van der Waals surface area contributed by atoms with Gasteiger partial charge in [0.2, 0.25) is 5.91 Å². The highest BCUT2D eigenvalue weighted by Crippen LogP contribution is 2.15. The van der Waals surface area contributed by atoms with Crippen molar-refractivity contribution >= 4 is 18.0 Å². The van der Waals surface area contributed by atoms with Crippen molar-refractivity contribution in [1.82, 2.24) is 9.80 Å². The van der Waals surface area contributed by atoms with Gasteiger partial charge >= 0.3 is 6.09 Å². The first kappa shape index (κ1) is 19.1. The fraction of sp³-hybridized carbons (Fsp3) is 0.800. The molecule has 2 amide bonds. The van der Waals surface area contributed by atoms with Gasteiger partial charge in [-0.2, -0.15) is 0 Å². The Balaban J connectivity index is 2.52. The summed E-state index contributed by atoms with van der Waals surface area (Å²) >= 11 is 0. The number of primary amides is 1. The molecule has 1 saturated heterocycles. The van der Waals surface area contributed by atoms with E-state index in [2.05, 4.69) is 4.99 Å². The van der Waals surface area contributed by atoms with Gasteiger partial charge in [0.25, 0.3) is 0 Å². The van der Waals surface area contributed by atoms with Gasteiger partial charge in [-0.1, -0.05) is 0 Å². The Morgan fingerprint density at radius 1 is 1.00 bits per heavy atom. The summed E-state index contributed by atoms with van der Waals surface area (Å²) in [7, 11) is 0. The molecule has 0 aromatic rings. The van der Waals surface area contributed by atoms with Crippen LogP contribution < -0.4 is 11.5 Å². The molecule has 8 heteroatoms. The highest BCUT2D eigenvalue weighted by atomic mass is 16.6. The summed E-state index contributed by atoms with van der Waals surface area (Å²) in [6.07, 6.45) is -0.317. The van der Waals surface area contributed by atoms with Crippen molar-refractivity contribution in [3.05, 3.63) is 0 Å². The standard InChI is InChI=1S/C15H29N5O3/c1-14(2,3)23-13(22)20-8-6-19(7-9-20)12(17)18-10-15(4,5)11(16)21/h6-10H2,1-5H3,(H2,16,21)(H2,17,18). The molecule has 132 valence electrons. The summed E-state index contributed by atoms with van der Waals surface area (Å²) in [5, 5.41) is 0. The second kappa shape index (κ2) is 7.06. The van der Waals surface area contributed by atoms with E-state index in [9.17, 15) is 9.59 Å². The number of carbonyl (C=O) groups is 2. The van der Waals surface area contributed by atoms with E-state index in [1.807, 2.05) is 25.7 Å². The number of nitrogens with zero attached hydrogens (tertiary/aromatic N) is 3. The molecule has 0 spiro atoms. The molecular formula is C15H29N5O3. The van der Waals surface area contributed by atoms with Crippen molar-refractivity contribution in [3.63, 3.8) is 0 Å². The lowest BCUT2D eigenvalue weighted by Crippen LogP contribution is -2.53. The lowest BCUT2D eigenvalue weighted by Gasteiger charge is -2.36. The van der Waals surface area contributed by atoms with Crippen LogP contribution in [-0.4, -0.2) is 66.1 Å². The Labute approximate surface area is 137 Å². The number of aliphatic imine (C=N–C) groups is 1. The van der Waals surface area contributed by atoms with E-state index in [1.165, 1.54) is 0 Å². The highest BCUT2D eigenvalue weighted by Gasteiger charge is 2.28. The topological polar surface area (TPSA) is 114 Å². The van der Waals surface area contributed by atoms with Gasteiger partial charge in [0, 0.05) is 26.2 Å². The van der Waals surface area contributed by atoms with E-state index in [4.69, 9.17) is 16.2 Å². The lowest BCUT2D eigenvalue weighted by atomic mass is 9.93. The zero-order chi connectivity index (χ0) is 17.8. The minimum absolute atomic E-state index is 0.237. The Hall–Kier alpha value is -1.99. The Bertz CT molecular complexity index is 474. The molecule has 0 atom stereocenters. The normalized spacial score (nSPS) is 17.2. The summed E-state index contributed by atoms with van der Waals surface area (Å²) < 4.78 is 5.35. The SMILES string of the molecule is CC(C)(C)OC(=O)N1CCN(C(N)=NCC(C)(C)C(N)=O)CC1. The van der Waals surface area contributed by atoms with Crippen LogP contribution in [0.2, 0.25) is 0 Å². The van der Waals surface area contributed by atoms with Crippen LogP contribution >= 0.6 is 0 Å². The van der Waals surface area contributed by atoms with Crippen molar-refractivity contribution in [3.8, 4) is 0 Å². The maximum absolute atomic E-state index is 12.0. The summed E-state index contributed by atoms with van der Waals surface area (Å²) in [5.74, 6) is -0.0491. The van der Waals surface area contributed by atoms with Crippen LogP contribution in [0.25, 0.3) is 0 Å². The van der Waals surface area contributed by atoms with Crippen LogP contribution in [0.5, 0.6) is 0 Å². The molecule has 8 nitrogen and oxygen atoms in total. The highest BCUT2D eigenvalue weighted by molar-refractivity contribution is 5.82. The minimum atomic E-state index is -0.733. The number of ether oxygens (including phenoxy) is 1. The molecule has 23 heavy (non-hydrogen) atoms.